The molecule has 0 aliphatic carbocycles. The summed E-state index contributed by atoms with van der Waals surface area (Å²) < 4.78 is 15.0. The Labute approximate surface area is 57.1 Å². The predicted molar refractivity (Wildman–Crippen MR) is 7.86 cm³/mol. The molecule has 1 radical (unpaired) electrons. The van der Waals surface area contributed by atoms with Gasteiger partial charge in [-0.1, -0.05) is 0 Å². The van der Waals surface area contributed by atoms with E-state index in [-0.39, 0.29) is 34.1 Å². The number of hydrogen-bond acceptors (Lipinski definition) is 0. The smallest absolute Gasteiger partial charge is 0 e. The van der Waals surface area contributed by atoms with Crippen molar-refractivity contribution in [3.8, 4) is 0 Å². The maximum Gasteiger partial charge on any atom is 3.00 e. The van der Waals surface area contributed by atoms with Gasteiger partial charge in [-0.3, -0.25) is 0 Å². The molecule has 33 valence electrons. The maximum atomic E-state index is 7.50. The average Bonchev–Trinajstić information content (AvgIpc) is 1.50. The van der Waals surface area contributed by atoms with Gasteiger partial charge in [0.15, 0.2) is 0 Å². The van der Waals surface area contributed by atoms with Crippen molar-refractivity contribution in [2.75, 3.05) is 0 Å². The molecular weight excluding hydrogens is 168 g/mol. The Kier molecular flexibility index (Phi) is 2180. The second-order valence-electron chi connectivity index (χ2n) is 0. The third kappa shape index (κ3) is 208. The molecule has 0 bridgehead atoms. The zero-order valence-electron chi connectivity index (χ0n) is 2.52. The van der Waals surface area contributed by atoms with Crippen molar-refractivity contribution in [2.45, 2.75) is 0 Å². The molecule has 0 N–H and O–H groups in total. The van der Waals surface area contributed by atoms with Crippen LogP contribution in [-0.4, -0.2) is 0 Å². The summed E-state index contributed by atoms with van der Waals surface area (Å²) in [4.78, 5) is 0. The minimum Gasteiger partial charge on any atom is 0 e. The Morgan fingerprint density at radius 1 is 0.833 bits per heavy atom. The molecule has 0 saturated carbocycles. The topological polar surface area (TPSA) is 39.8 Å². The molecule has 4 heteroatoms. The minimum absolute atomic E-state index is 0. The van der Waals surface area contributed by atoms with E-state index in [2.05, 4.69) is 13.3 Å². The molecule has 0 spiro atoms. The first-order chi connectivity index (χ1) is 2.00. The molecule has 0 atom stereocenters. The Hall–Kier alpha value is 0.519. The average molecular weight is 168 g/mol. The van der Waals surface area contributed by atoms with Crippen LogP contribution in [0.2, 0.25) is 0 Å². The summed E-state index contributed by atoms with van der Waals surface area (Å²) in [5.41, 5.74) is 0. The van der Waals surface area contributed by atoms with Crippen LogP contribution in [0, 0.1) is 13.3 Å². The summed E-state index contributed by atoms with van der Waals surface area (Å²) in [5, 5.41) is 0. The number of hydrogen-bond donors (Lipinski definition) is 0. The van der Waals surface area contributed by atoms with Gasteiger partial charge in [0.2, 0.25) is 0 Å². The van der Waals surface area contributed by atoms with E-state index in [0.29, 0.717) is 0 Å². The molecule has 0 aromatic carbocycles. The van der Waals surface area contributed by atoms with Crippen LogP contribution in [-0.2, 0) is 43.4 Å². The normalized spacial score (nSPS) is 0.667. The van der Waals surface area contributed by atoms with Gasteiger partial charge in [0.1, 0.15) is 0 Å². The summed E-state index contributed by atoms with van der Waals surface area (Å²) >= 11 is 0. The van der Waals surface area contributed by atoms with E-state index in [1.807, 2.05) is 0 Å². The van der Waals surface area contributed by atoms with E-state index in [1.165, 1.54) is 0 Å². The van der Waals surface area contributed by atoms with E-state index in [9.17, 15) is 0 Å². The van der Waals surface area contributed by atoms with Crippen LogP contribution in [0.15, 0.2) is 0 Å². The number of rotatable bonds is 0. The van der Waals surface area contributed by atoms with Crippen molar-refractivity contribution < 1.29 is 43.4 Å². The third-order valence-corrected chi connectivity index (χ3v) is 0. The second-order valence-corrected chi connectivity index (χ2v) is 0. The summed E-state index contributed by atoms with van der Waals surface area (Å²) in [6.45, 7) is 9.00. The van der Waals surface area contributed by atoms with Crippen LogP contribution in [0.5, 0.6) is 0 Å². The molecule has 0 saturated heterocycles. The Morgan fingerprint density at radius 2 is 0.833 bits per heavy atom. The quantitative estimate of drug-likeness (QED) is 0.275. The van der Waals surface area contributed by atoms with Crippen LogP contribution in [0.1, 0.15) is 0 Å². The van der Waals surface area contributed by atoms with Crippen LogP contribution < -0.4 is 0 Å². The van der Waals surface area contributed by atoms with Gasteiger partial charge in [0, 0.05) is 17.1 Å². The van der Waals surface area contributed by atoms with Crippen molar-refractivity contribution in [3.05, 3.63) is 13.3 Å². The predicted octanol–water partition coefficient (Wildman–Crippen LogP) is -0.0800. The second kappa shape index (κ2) is 418. The van der Waals surface area contributed by atoms with E-state index < -0.39 is 0 Å². The summed E-state index contributed by atoms with van der Waals surface area (Å²) in [7, 11) is 0. The molecule has 0 aliphatic rings. The molecule has 0 amide bonds. The van der Waals surface area contributed by atoms with Gasteiger partial charge in [0.25, 0.3) is 0 Å². The zero-order chi connectivity index (χ0) is 4.00. The molecule has 0 aromatic rings. The van der Waals surface area contributed by atoms with E-state index in [4.69, 9.17) is 9.30 Å². The minimum atomic E-state index is 0. The van der Waals surface area contributed by atoms with Gasteiger partial charge < -0.3 is 0 Å². The van der Waals surface area contributed by atoms with E-state index >= 15 is 0 Å². The summed E-state index contributed by atoms with van der Waals surface area (Å²) in [5.74, 6) is 0. The van der Waals surface area contributed by atoms with Crippen LogP contribution in [0.25, 0.3) is 0 Å². The molecule has 0 aliphatic heterocycles. The van der Waals surface area contributed by atoms with E-state index in [0.717, 1.165) is 0 Å². The Bertz CT molecular complexity index is 25.0. The van der Waals surface area contributed by atoms with Crippen LogP contribution in [0.3, 0.4) is 0 Å². The molecule has 0 heterocycles. The van der Waals surface area contributed by atoms with Gasteiger partial charge in [-0.2, -0.15) is 0 Å². The van der Waals surface area contributed by atoms with Crippen molar-refractivity contribution in [3.63, 3.8) is 0 Å². The summed E-state index contributed by atoms with van der Waals surface area (Å²) in [6, 6.07) is 0. The van der Waals surface area contributed by atoms with E-state index in [1.54, 1.807) is 0 Å². The molecule has 0 aromatic heterocycles. The standard InChI is InChI=1S/2CO.2Fe/c2*1-2;;/q;;;+3. The first kappa shape index (κ1) is 31.3. The van der Waals surface area contributed by atoms with Gasteiger partial charge in [0.05, 0.1) is 0 Å². The fourth-order valence-electron chi connectivity index (χ4n) is 0. The van der Waals surface area contributed by atoms with Crippen molar-refractivity contribution in [1.82, 2.24) is 0 Å². The molecule has 0 rings (SSSR count). The molecule has 2 nitrogen and oxygen atoms in total. The van der Waals surface area contributed by atoms with Gasteiger partial charge in [-0.15, -0.1) is 0 Å². The first-order valence-corrected chi connectivity index (χ1v) is 0.408. The Morgan fingerprint density at radius 3 is 0.833 bits per heavy atom. The molecule has 6 heavy (non-hydrogen) atoms. The van der Waals surface area contributed by atoms with Gasteiger partial charge >= 0.3 is 39.7 Å². The zero-order valence-corrected chi connectivity index (χ0v) is 4.73. The molecule has 0 unspecified atom stereocenters. The maximum absolute atomic E-state index is 7.50. The molecular formula is C2Fe2O2+3. The molecule has 0 fully saturated rings. The van der Waals surface area contributed by atoms with Gasteiger partial charge in [-0.25, -0.2) is 0 Å². The van der Waals surface area contributed by atoms with Crippen molar-refractivity contribution in [1.29, 1.82) is 0 Å². The van der Waals surface area contributed by atoms with Crippen molar-refractivity contribution in [2.24, 2.45) is 0 Å². The van der Waals surface area contributed by atoms with Gasteiger partial charge in [-0.05, 0) is 0 Å². The fraction of sp³-hybridized carbons (Fsp3) is 0. The fourth-order valence-corrected chi connectivity index (χ4v) is 0. The third-order valence-electron chi connectivity index (χ3n) is 0. The largest absolute Gasteiger partial charge is 3.00 e. The van der Waals surface area contributed by atoms with Crippen LogP contribution >= 0.6 is 0 Å². The summed E-state index contributed by atoms with van der Waals surface area (Å²) in [6.07, 6.45) is 0. The van der Waals surface area contributed by atoms with Crippen LogP contribution in [0.4, 0.5) is 0 Å². The van der Waals surface area contributed by atoms with Crippen molar-refractivity contribution >= 4 is 0 Å². The monoisotopic (exact) mass is 168 g/mol. The first-order valence-electron chi connectivity index (χ1n) is 0.408. The SMILES string of the molecule is [C-]#[O+].[C-]#[O+].[Fe+3].[Fe]. The Balaban J connectivity index is -0.00000000500.